The molecule has 0 saturated heterocycles. The van der Waals surface area contributed by atoms with Gasteiger partial charge >= 0.3 is 0 Å². The number of amides is 1. The van der Waals surface area contributed by atoms with Crippen LogP contribution in [0.25, 0.3) is 0 Å². The van der Waals surface area contributed by atoms with E-state index in [0.717, 1.165) is 25.7 Å². The number of rotatable bonds is 7. The lowest BCUT2D eigenvalue weighted by Gasteiger charge is -2.16. The van der Waals surface area contributed by atoms with Crippen LogP contribution < -0.4 is 11.1 Å². The van der Waals surface area contributed by atoms with Gasteiger partial charge in [-0.25, -0.2) is 0 Å². The normalized spacial score (nSPS) is 15.9. The van der Waals surface area contributed by atoms with Crippen molar-refractivity contribution in [1.29, 1.82) is 0 Å². The molecule has 0 heterocycles. The topological polar surface area (TPSA) is 55.1 Å². The lowest BCUT2D eigenvalue weighted by molar-refractivity contribution is -0.125. The summed E-state index contributed by atoms with van der Waals surface area (Å²) in [5, 5.41) is 2.85. The van der Waals surface area contributed by atoms with Crippen LogP contribution in [0, 0.1) is 18.3 Å². The van der Waals surface area contributed by atoms with Gasteiger partial charge in [-0.15, -0.1) is 6.42 Å². The van der Waals surface area contributed by atoms with E-state index in [4.69, 9.17) is 12.2 Å². The average Bonchev–Trinajstić information content (AvgIpc) is 2.24. The molecule has 0 fully saturated rings. The van der Waals surface area contributed by atoms with Crippen molar-refractivity contribution in [1.82, 2.24) is 5.32 Å². The van der Waals surface area contributed by atoms with E-state index >= 15 is 0 Å². The van der Waals surface area contributed by atoms with E-state index in [2.05, 4.69) is 11.2 Å². The van der Waals surface area contributed by atoms with Crippen molar-refractivity contribution in [3.8, 4) is 12.3 Å². The van der Waals surface area contributed by atoms with Crippen molar-refractivity contribution < 1.29 is 4.79 Å². The van der Waals surface area contributed by atoms with Gasteiger partial charge in [0.2, 0.25) is 5.91 Å². The summed E-state index contributed by atoms with van der Waals surface area (Å²) in [6, 6.07) is 0.0766. The molecule has 0 aliphatic rings. The molecule has 3 unspecified atom stereocenters. The molecule has 0 aromatic carbocycles. The molecule has 92 valence electrons. The van der Waals surface area contributed by atoms with Crippen LogP contribution >= 0.6 is 0 Å². The predicted octanol–water partition coefficient (Wildman–Crippen LogP) is 1.67. The minimum Gasteiger partial charge on any atom is -0.342 e. The minimum absolute atomic E-state index is 0.0150. The Morgan fingerprint density at radius 2 is 2.06 bits per heavy atom. The number of carbonyl (C=O) groups is 1. The third-order valence-corrected chi connectivity index (χ3v) is 2.67. The summed E-state index contributed by atoms with van der Waals surface area (Å²) in [6.07, 6.45) is 8.88. The van der Waals surface area contributed by atoms with Gasteiger partial charge in [-0.2, -0.15) is 0 Å². The number of carbonyl (C=O) groups excluding carboxylic acids is 1. The molecule has 3 nitrogen and oxygen atoms in total. The highest BCUT2D eigenvalue weighted by atomic mass is 16.1. The van der Waals surface area contributed by atoms with E-state index in [0.29, 0.717) is 0 Å². The first-order valence-corrected chi connectivity index (χ1v) is 6.03. The molecule has 0 saturated carbocycles. The molecule has 3 N–H and O–H groups in total. The standard InChI is InChI=1S/C13H24N2O/c1-5-12(6-2)15-13(16)10(3)8-7-9-11(4)14/h1,10-12H,6-9,14H2,2-4H3,(H,15,16). The van der Waals surface area contributed by atoms with Crippen molar-refractivity contribution in [2.24, 2.45) is 11.7 Å². The molecule has 3 atom stereocenters. The number of terminal acetylenes is 1. The highest BCUT2D eigenvalue weighted by Gasteiger charge is 2.15. The van der Waals surface area contributed by atoms with Gasteiger partial charge in [0.25, 0.3) is 0 Å². The Balaban J connectivity index is 3.86. The number of nitrogens with one attached hydrogen (secondary N) is 1. The number of nitrogens with two attached hydrogens (primary N) is 1. The fraction of sp³-hybridized carbons (Fsp3) is 0.769. The lowest BCUT2D eigenvalue weighted by atomic mass is 10.0. The smallest absolute Gasteiger partial charge is 0.223 e. The first-order chi connectivity index (χ1) is 7.51. The maximum absolute atomic E-state index is 11.7. The third kappa shape index (κ3) is 6.47. The Bertz CT molecular complexity index is 243. The fourth-order valence-corrected chi connectivity index (χ4v) is 1.45. The van der Waals surface area contributed by atoms with Crippen LogP contribution in [0.2, 0.25) is 0 Å². The molecule has 0 aromatic rings. The van der Waals surface area contributed by atoms with Gasteiger partial charge in [0.15, 0.2) is 0 Å². The zero-order valence-corrected chi connectivity index (χ0v) is 10.6. The van der Waals surface area contributed by atoms with E-state index < -0.39 is 0 Å². The van der Waals surface area contributed by atoms with Crippen molar-refractivity contribution in [2.75, 3.05) is 0 Å². The second-order valence-corrected chi connectivity index (χ2v) is 4.45. The zero-order valence-electron chi connectivity index (χ0n) is 10.6. The molecule has 1 amide bonds. The maximum Gasteiger partial charge on any atom is 0.223 e. The molecule has 0 bridgehead atoms. The summed E-state index contributed by atoms with van der Waals surface area (Å²) in [5.41, 5.74) is 5.65. The summed E-state index contributed by atoms with van der Waals surface area (Å²) in [5.74, 6) is 2.63. The number of hydrogen-bond donors (Lipinski definition) is 2. The molecule has 0 spiro atoms. The van der Waals surface area contributed by atoms with Gasteiger partial charge in [0.1, 0.15) is 0 Å². The van der Waals surface area contributed by atoms with Gasteiger partial charge in [-0.05, 0) is 26.2 Å². The Hall–Kier alpha value is -1.01. The van der Waals surface area contributed by atoms with Crippen LogP contribution in [-0.2, 0) is 4.79 Å². The molecule has 16 heavy (non-hydrogen) atoms. The first kappa shape index (κ1) is 15.0. The van der Waals surface area contributed by atoms with E-state index in [1.807, 2.05) is 20.8 Å². The predicted molar refractivity (Wildman–Crippen MR) is 67.7 cm³/mol. The Labute approximate surface area is 99.2 Å². The minimum atomic E-state index is -0.136. The first-order valence-electron chi connectivity index (χ1n) is 6.03. The van der Waals surface area contributed by atoms with Crippen molar-refractivity contribution in [3.05, 3.63) is 0 Å². The van der Waals surface area contributed by atoms with Crippen LogP contribution in [-0.4, -0.2) is 18.0 Å². The molecule has 0 aliphatic carbocycles. The van der Waals surface area contributed by atoms with Crippen LogP contribution in [0.5, 0.6) is 0 Å². The van der Waals surface area contributed by atoms with Gasteiger partial charge in [0, 0.05) is 12.0 Å². The third-order valence-electron chi connectivity index (χ3n) is 2.67. The largest absolute Gasteiger partial charge is 0.342 e. The monoisotopic (exact) mass is 224 g/mol. The number of hydrogen-bond acceptors (Lipinski definition) is 2. The van der Waals surface area contributed by atoms with E-state index in [1.54, 1.807) is 0 Å². The summed E-state index contributed by atoms with van der Waals surface area (Å²) in [4.78, 5) is 11.7. The highest BCUT2D eigenvalue weighted by molar-refractivity contribution is 5.78. The molecule has 0 rings (SSSR count). The van der Waals surface area contributed by atoms with Gasteiger partial charge < -0.3 is 11.1 Å². The lowest BCUT2D eigenvalue weighted by Crippen LogP contribution is -2.37. The van der Waals surface area contributed by atoms with E-state index in [-0.39, 0.29) is 23.9 Å². The average molecular weight is 224 g/mol. The summed E-state index contributed by atoms with van der Waals surface area (Å²) < 4.78 is 0. The fourth-order valence-electron chi connectivity index (χ4n) is 1.45. The second kappa shape index (κ2) is 8.18. The van der Waals surface area contributed by atoms with Crippen LogP contribution in [0.15, 0.2) is 0 Å². The van der Waals surface area contributed by atoms with Crippen molar-refractivity contribution in [2.45, 2.75) is 58.5 Å². The second-order valence-electron chi connectivity index (χ2n) is 4.45. The SMILES string of the molecule is C#CC(CC)NC(=O)C(C)CCCC(C)N. The Morgan fingerprint density at radius 3 is 2.50 bits per heavy atom. The summed E-state index contributed by atoms with van der Waals surface area (Å²) in [6.45, 7) is 5.88. The molecular formula is C13H24N2O. The summed E-state index contributed by atoms with van der Waals surface area (Å²) >= 11 is 0. The molecule has 0 aliphatic heterocycles. The van der Waals surface area contributed by atoms with Gasteiger partial charge in [0.05, 0.1) is 6.04 Å². The van der Waals surface area contributed by atoms with E-state index in [1.165, 1.54) is 0 Å². The molecule has 0 aromatic heterocycles. The van der Waals surface area contributed by atoms with Gasteiger partial charge in [-0.3, -0.25) is 4.79 Å². The molecule has 0 radical (unpaired) electrons. The van der Waals surface area contributed by atoms with E-state index in [9.17, 15) is 4.79 Å². The van der Waals surface area contributed by atoms with Crippen LogP contribution in [0.4, 0.5) is 0 Å². The zero-order chi connectivity index (χ0) is 12.6. The van der Waals surface area contributed by atoms with Crippen molar-refractivity contribution >= 4 is 5.91 Å². The Kier molecular flexibility index (Phi) is 7.66. The maximum atomic E-state index is 11.7. The van der Waals surface area contributed by atoms with Crippen LogP contribution in [0.1, 0.15) is 46.5 Å². The summed E-state index contributed by atoms with van der Waals surface area (Å²) in [7, 11) is 0. The quantitative estimate of drug-likeness (QED) is 0.646. The molecule has 3 heteroatoms. The van der Waals surface area contributed by atoms with Crippen molar-refractivity contribution in [3.63, 3.8) is 0 Å². The highest BCUT2D eigenvalue weighted by Crippen LogP contribution is 2.09. The molecular weight excluding hydrogens is 200 g/mol. The van der Waals surface area contributed by atoms with Gasteiger partial charge in [-0.1, -0.05) is 26.2 Å². The van der Waals surface area contributed by atoms with Crippen LogP contribution in [0.3, 0.4) is 0 Å². The Morgan fingerprint density at radius 1 is 1.44 bits per heavy atom.